The van der Waals surface area contributed by atoms with Crippen LogP contribution in [0.1, 0.15) is 40.7 Å². The molecule has 1 aromatic carbocycles. The number of urea groups is 1. The van der Waals surface area contributed by atoms with Gasteiger partial charge in [0.05, 0.1) is 19.8 Å². The molecule has 0 bridgehead atoms. The summed E-state index contributed by atoms with van der Waals surface area (Å²) in [5.41, 5.74) is -0.584. The third-order valence-corrected chi connectivity index (χ3v) is 6.11. The number of benzene rings is 1. The summed E-state index contributed by atoms with van der Waals surface area (Å²) in [6.45, 7) is 3.50. The number of amides is 3. The molecule has 0 spiro atoms. The summed E-state index contributed by atoms with van der Waals surface area (Å²) in [5.74, 6) is -0.301. The number of carbonyl (C=O) groups excluding carboxylic acids is 3. The number of aryl methyl sites for hydroxylation is 1. The Hall–Kier alpha value is -3.50. The molecular formula is C23H24F3N3O5. The number of ketones is 1. The number of fused-ring (bicyclic) bond motifs is 1. The topological polar surface area (TPSA) is 89.9 Å². The van der Waals surface area contributed by atoms with Crippen LogP contribution in [0.2, 0.25) is 0 Å². The Labute approximate surface area is 193 Å². The molecule has 0 radical (unpaired) electrons. The minimum atomic E-state index is -4.45. The predicted molar refractivity (Wildman–Crippen MR) is 114 cm³/mol. The monoisotopic (exact) mass is 479 g/mol. The van der Waals surface area contributed by atoms with E-state index in [-0.39, 0.29) is 17.0 Å². The van der Waals surface area contributed by atoms with Gasteiger partial charge in [-0.1, -0.05) is 6.07 Å². The van der Waals surface area contributed by atoms with Crippen molar-refractivity contribution < 1.29 is 37.0 Å². The highest BCUT2D eigenvalue weighted by Crippen LogP contribution is 2.36. The predicted octanol–water partition coefficient (Wildman–Crippen LogP) is 3.48. The Morgan fingerprint density at radius 3 is 2.47 bits per heavy atom. The van der Waals surface area contributed by atoms with E-state index < -0.39 is 42.5 Å². The number of carbonyl (C=O) groups is 3. The van der Waals surface area contributed by atoms with E-state index in [4.69, 9.17) is 9.47 Å². The molecule has 3 amide bonds. The molecule has 0 saturated carbocycles. The summed E-state index contributed by atoms with van der Waals surface area (Å²) in [6, 6.07) is 5.49. The fourth-order valence-electron chi connectivity index (χ4n) is 4.25. The van der Waals surface area contributed by atoms with E-state index in [0.29, 0.717) is 36.7 Å². The van der Waals surface area contributed by atoms with Crippen LogP contribution in [-0.4, -0.2) is 53.1 Å². The van der Waals surface area contributed by atoms with E-state index in [0.717, 1.165) is 9.47 Å². The fourth-order valence-corrected chi connectivity index (χ4v) is 4.25. The maximum Gasteiger partial charge on any atom is 0.406 e. The Balaban J connectivity index is 1.56. The van der Waals surface area contributed by atoms with Crippen molar-refractivity contribution in [3.8, 4) is 11.5 Å². The second-order valence-corrected chi connectivity index (χ2v) is 8.57. The van der Waals surface area contributed by atoms with Gasteiger partial charge >= 0.3 is 12.2 Å². The van der Waals surface area contributed by atoms with Gasteiger partial charge in [0.1, 0.15) is 12.1 Å². The summed E-state index contributed by atoms with van der Waals surface area (Å²) >= 11 is 0. The third kappa shape index (κ3) is 4.22. The summed E-state index contributed by atoms with van der Waals surface area (Å²) < 4.78 is 50.9. The summed E-state index contributed by atoms with van der Waals surface area (Å²) in [4.78, 5) is 39.6. The normalized spacial score (nSPS) is 20.4. The van der Waals surface area contributed by atoms with Crippen LogP contribution in [0.25, 0.3) is 0 Å². The Kier molecular flexibility index (Phi) is 5.82. The largest absolute Gasteiger partial charge is 0.490 e. The zero-order valence-electron chi connectivity index (χ0n) is 18.9. The molecule has 2 aromatic rings. The van der Waals surface area contributed by atoms with Gasteiger partial charge in [-0.2, -0.15) is 13.2 Å². The van der Waals surface area contributed by atoms with Crippen molar-refractivity contribution >= 4 is 17.7 Å². The van der Waals surface area contributed by atoms with Gasteiger partial charge in [-0.15, -0.1) is 0 Å². The van der Waals surface area contributed by atoms with Crippen LogP contribution in [0.15, 0.2) is 24.3 Å². The third-order valence-electron chi connectivity index (χ3n) is 6.11. The van der Waals surface area contributed by atoms with Gasteiger partial charge in [-0.05, 0) is 44.5 Å². The lowest BCUT2D eigenvalue weighted by Gasteiger charge is -2.23. The lowest BCUT2D eigenvalue weighted by atomic mass is 9.91. The Morgan fingerprint density at radius 1 is 1.12 bits per heavy atom. The second-order valence-electron chi connectivity index (χ2n) is 8.57. The number of nitrogens with zero attached hydrogens (tertiary/aromatic N) is 2. The maximum atomic E-state index is 13.2. The minimum Gasteiger partial charge on any atom is -0.490 e. The van der Waals surface area contributed by atoms with Crippen LogP contribution >= 0.6 is 0 Å². The number of halogens is 3. The van der Waals surface area contributed by atoms with Gasteiger partial charge < -0.3 is 19.4 Å². The number of ether oxygens (including phenoxy) is 2. The van der Waals surface area contributed by atoms with Gasteiger partial charge in [-0.25, -0.2) is 4.79 Å². The highest BCUT2D eigenvalue weighted by Gasteiger charge is 2.50. The molecule has 4 rings (SSSR count). The van der Waals surface area contributed by atoms with Crippen molar-refractivity contribution in [2.24, 2.45) is 0 Å². The highest BCUT2D eigenvalue weighted by molar-refractivity contribution is 6.11. The van der Waals surface area contributed by atoms with E-state index in [1.165, 1.54) is 26.8 Å². The van der Waals surface area contributed by atoms with Gasteiger partial charge in [0.2, 0.25) is 0 Å². The van der Waals surface area contributed by atoms with Crippen molar-refractivity contribution in [1.82, 2.24) is 14.8 Å². The van der Waals surface area contributed by atoms with Crippen LogP contribution in [0, 0.1) is 13.8 Å². The average molecular weight is 479 g/mol. The van der Waals surface area contributed by atoms with Crippen LogP contribution in [0.4, 0.5) is 18.0 Å². The molecule has 1 atom stereocenters. The van der Waals surface area contributed by atoms with Gasteiger partial charge in [-0.3, -0.25) is 14.5 Å². The fraction of sp³-hybridized carbons (Fsp3) is 0.435. The van der Waals surface area contributed by atoms with Crippen LogP contribution in [0.3, 0.4) is 0 Å². The molecule has 2 aliphatic heterocycles. The van der Waals surface area contributed by atoms with Crippen molar-refractivity contribution in [2.75, 3.05) is 19.8 Å². The lowest BCUT2D eigenvalue weighted by molar-refractivity contribution is -0.141. The van der Waals surface area contributed by atoms with E-state index in [9.17, 15) is 27.6 Å². The minimum absolute atomic E-state index is 0.0338. The first-order valence-electron chi connectivity index (χ1n) is 10.7. The number of hydrogen-bond donors (Lipinski definition) is 1. The molecule has 3 heterocycles. The second kappa shape index (κ2) is 8.37. The molecule has 1 fully saturated rings. The molecular weight excluding hydrogens is 455 g/mol. The number of nitrogens with one attached hydrogen (secondary N) is 1. The molecule has 0 unspecified atom stereocenters. The number of Topliss-reactive ketones (excluding diaryl/α,β-unsaturated/α-hetero) is 1. The summed E-state index contributed by atoms with van der Waals surface area (Å²) in [5, 5.41) is 2.62. The van der Waals surface area contributed by atoms with E-state index in [1.54, 1.807) is 18.2 Å². The van der Waals surface area contributed by atoms with E-state index >= 15 is 0 Å². The van der Waals surface area contributed by atoms with Crippen molar-refractivity contribution in [3.05, 3.63) is 46.8 Å². The molecule has 1 saturated heterocycles. The SMILES string of the molecule is Cc1cc(C(=O)CN2C(=O)N[C@](C)(c3ccc4c(c3)OCCCO4)C2=O)c(C)n1CC(F)(F)F. The first-order valence-corrected chi connectivity index (χ1v) is 10.7. The van der Waals surface area contributed by atoms with Crippen molar-refractivity contribution in [1.29, 1.82) is 0 Å². The zero-order chi connectivity index (χ0) is 24.8. The molecule has 0 aliphatic carbocycles. The molecule has 34 heavy (non-hydrogen) atoms. The number of rotatable bonds is 5. The van der Waals surface area contributed by atoms with Crippen molar-refractivity contribution in [2.45, 2.75) is 45.5 Å². The average Bonchev–Trinajstić information content (AvgIpc) is 3.04. The quantitative estimate of drug-likeness (QED) is 0.524. The number of alkyl halides is 3. The molecule has 182 valence electrons. The number of imide groups is 1. The maximum absolute atomic E-state index is 13.2. The first kappa shape index (κ1) is 23.7. The molecule has 1 N–H and O–H groups in total. The van der Waals surface area contributed by atoms with E-state index in [1.807, 2.05) is 0 Å². The highest BCUT2D eigenvalue weighted by atomic mass is 19.4. The van der Waals surface area contributed by atoms with Gasteiger partial charge in [0.25, 0.3) is 5.91 Å². The Bertz CT molecular complexity index is 1170. The summed E-state index contributed by atoms with van der Waals surface area (Å²) in [7, 11) is 0. The lowest BCUT2D eigenvalue weighted by Crippen LogP contribution is -2.41. The van der Waals surface area contributed by atoms with Crippen LogP contribution in [0.5, 0.6) is 11.5 Å². The van der Waals surface area contributed by atoms with Gasteiger partial charge in [0.15, 0.2) is 17.3 Å². The number of hydrogen-bond acceptors (Lipinski definition) is 5. The molecule has 2 aliphatic rings. The van der Waals surface area contributed by atoms with Crippen molar-refractivity contribution in [3.63, 3.8) is 0 Å². The van der Waals surface area contributed by atoms with Crippen LogP contribution < -0.4 is 14.8 Å². The van der Waals surface area contributed by atoms with Gasteiger partial charge in [0, 0.05) is 23.4 Å². The zero-order valence-corrected chi connectivity index (χ0v) is 18.9. The molecule has 11 heteroatoms. The smallest absolute Gasteiger partial charge is 0.406 e. The van der Waals surface area contributed by atoms with Crippen LogP contribution in [-0.2, 0) is 16.9 Å². The first-order chi connectivity index (χ1) is 15.9. The standard InChI is InChI=1S/C23H24F3N3O5/c1-13-9-16(14(2)29(13)12-23(24,25)26)17(30)11-28-20(31)22(3,27-21(28)32)15-5-6-18-19(10-15)34-8-4-7-33-18/h5-6,9-10H,4,7-8,11-12H2,1-3H3,(H,27,32)/t22-/m1/s1. The number of aromatic nitrogens is 1. The molecule has 1 aromatic heterocycles. The van der Waals surface area contributed by atoms with E-state index in [2.05, 4.69) is 5.32 Å². The summed E-state index contributed by atoms with van der Waals surface area (Å²) in [6.07, 6.45) is -3.75. The molecule has 8 nitrogen and oxygen atoms in total. The Morgan fingerprint density at radius 2 is 1.79 bits per heavy atom.